The van der Waals surface area contributed by atoms with Gasteiger partial charge in [0.2, 0.25) is 0 Å². The first-order valence-electron chi connectivity index (χ1n) is 10.9. The largest absolute Gasteiger partial charge is 0.493 e. The molecule has 0 saturated heterocycles. The van der Waals surface area contributed by atoms with Crippen LogP contribution in [0.15, 0.2) is 60.8 Å². The minimum Gasteiger partial charge on any atom is -0.493 e. The van der Waals surface area contributed by atoms with Crippen LogP contribution in [-0.2, 0) is 12.0 Å². The number of benzene rings is 2. The van der Waals surface area contributed by atoms with E-state index in [0.717, 1.165) is 23.5 Å². The second kappa shape index (κ2) is 8.61. The lowest BCUT2D eigenvalue weighted by molar-refractivity contribution is 0.181. The van der Waals surface area contributed by atoms with Crippen LogP contribution in [0.1, 0.15) is 43.6 Å². The summed E-state index contributed by atoms with van der Waals surface area (Å²) in [5, 5.41) is 3.09. The number of carbonyl (C=O) groups is 1. The van der Waals surface area contributed by atoms with Gasteiger partial charge < -0.3 is 24.3 Å². The highest BCUT2D eigenvalue weighted by molar-refractivity contribution is 5.90. The summed E-state index contributed by atoms with van der Waals surface area (Å²) in [5.74, 6) is 1.31. The summed E-state index contributed by atoms with van der Waals surface area (Å²) in [4.78, 5) is 15.3. The Bertz CT molecular complexity index is 1100. The monoisotopic (exact) mass is 433 g/mol. The number of ether oxygens (including phenoxy) is 2. The molecule has 0 radical (unpaired) electrons. The van der Waals surface area contributed by atoms with Crippen LogP contribution in [0, 0.1) is 0 Å². The van der Waals surface area contributed by atoms with Gasteiger partial charge in [-0.1, -0.05) is 39.0 Å². The number of amides is 2. The van der Waals surface area contributed by atoms with E-state index in [1.54, 1.807) is 14.2 Å². The Labute approximate surface area is 189 Å². The van der Waals surface area contributed by atoms with E-state index in [-0.39, 0.29) is 17.5 Å². The maximum Gasteiger partial charge on any atom is 0.322 e. The Morgan fingerprint density at radius 3 is 2.34 bits per heavy atom. The van der Waals surface area contributed by atoms with E-state index in [4.69, 9.17) is 9.47 Å². The van der Waals surface area contributed by atoms with E-state index < -0.39 is 0 Å². The van der Waals surface area contributed by atoms with Gasteiger partial charge in [0.25, 0.3) is 0 Å². The lowest BCUT2D eigenvalue weighted by atomic mass is 9.87. The first-order chi connectivity index (χ1) is 15.3. The highest BCUT2D eigenvalue weighted by atomic mass is 16.5. The standard InChI is InChI=1S/C26H31N3O3/c1-26(2,3)19-9-11-20(12-10-19)27-25(30)29-16-15-28-14-6-7-21(28)24(29)18-8-13-22(31-4)23(17-18)32-5/h6-14,17,24H,15-16H2,1-5H3,(H,27,30). The third-order valence-electron chi connectivity index (χ3n) is 6.02. The minimum absolute atomic E-state index is 0.0688. The lowest BCUT2D eigenvalue weighted by Crippen LogP contribution is -2.44. The second-order valence-electron chi connectivity index (χ2n) is 9.09. The summed E-state index contributed by atoms with van der Waals surface area (Å²) in [6.45, 7) is 7.89. The fraction of sp³-hybridized carbons (Fsp3) is 0.346. The molecule has 0 fully saturated rings. The van der Waals surface area contributed by atoms with Gasteiger partial charge in [0.05, 0.1) is 20.3 Å². The molecule has 3 aromatic rings. The van der Waals surface area contributed by atoms with Gasteiger partial charge in [-0.3, -0.25) is 0 Å². The lowest BCUT2D eigenvalue weighted by Gasteiger charge is -2.37. The molecule has 1 aliphatic heterocycles. The van der Waals surface area contributed by atoms with Crippen molar-refractivity contribution >= 4 is 11.7 Å². The zero-order valence-electron chi connectivity index (χ0n) is 19.4. The Balaban J connectivity index is 1.64. The number of carbonyl (C=O) groups excluding carboxylic acids is 1. The Morgan fingerprint density at radius 2 is 1.69 bits per heavy atom. The topological polar surface area (TPSA) is 55.7 Å². The van der Waals surface area contributed by atoms with E-state index >= 15 is 0 Å². The number of nitrogens with one attached hydrogen (secondary N) is 1. The summed E-state index contributed by atoms with van der Waals surface area (Å²) in [7, 11) is 3.24. The molecule has 1 aliphatic rings. The summed E-state index contributed by atoms with van der Waals surface area (Å²) in [6.07, 6.45) is 2.06. The highest BCUT2D eigenvalue weighted by Crippen LogP contribution is 2.37. The average Bonchev–Trinajstić information content (AvgIpc) is 3.26. The summed E-state index contributed by atoms with van der Waals surface area (Å²) in [5.41, 5.74) is 4.13. The molecule has 0 aliphatic carbocycles. The molecule has 2 heterocycles. The zero-order valence-corrected chi connectivity index (χ0v) is 19.4. The molecule has 6 heteroatoms. The predicted molar refractivity (Wildman–Crippen MR) is 127 cm³/mol. The fourth-order valence-corrected chi connectivity index (χ4v) is 4.22. The molecular formula is C26H31N3O3. The highest BCUT2D eigenvalue weighted by Gasteiger charge is 2.33. The van der Waals surface area contributed by atoms with Crippen LogP contribution in [0.5, 0.6) is 11.5 Å². The number of hydrogen-bond acceptors (Lipinski definition) is 3. The van der Waals surface area contributed by atoms with Crippen LogP contribution in [0.4, 0.5) is 10.5 Å². The SMILES string of the molecule is COc1ccc(C2c3cccn3CCN2C(=O)Nc2ccc(C(C)(C)C)cc2)cc1OC. The number of anilines is 1. The molecule has 6 nitrogen and oxygen atoms in total. The van der Waals surface area contributed by atoms with Crippen LogP contribution in [0.2, 0.25) is 0 Å². The van der Waals surface area contributed by atoms with Gasteiger partial charge in [0, 0.05) is 30.7 Å². The number of hydrogen-bond donors (Lipinski definition) is 1. The molecule has 1 N–H and O–H groups in total. The molecular weight excluding hydrogens is 402 g/mol. The maximum absolute atomic E-state index is 13.4. The molecule has 168 valence electrons. The van der Waals surface area contributed by atoms with E-state index in [2.05, 4.69) is 55.1 Å². The van der Waals surface area contributed by atoms with Crippen LogP contribution in [-0.4, -0.2) is 36.3 Å². The van der Waals surface area contributed by atoms with E-state index in [1.807, 2.05) is 41.3 Å². The third-order valence-corrected chi connectivity index (χ3v) is 6.02. The summed E-state index contributed by atoms with van der Waals surface area (Å²) < 4.78 is 13.1. The van der Waals surface area contributed by atoms with Crippen LogP contribution < -0.4 is 14.8 Å². The summed E-state index contributed by atoms with van der Waals surface area (Å²) in [6, 6.07) is 17.6. The number of nitrogens with zero attached hydrogens (tertiary/aromatic N) is 2. The van der Waals surface area contributed by atoms with Crippen LogP contribution in [0.3, 0.4) is 0 Å². The van der Waals surface area contributed by atoms with Crippen molar-refractivity contribution in [2.75, 3.05) is 26.1 Å². The Morgan fingerprint density at radius 1 is 0.969 bits per heavy atom. The van der Waals surface area contributed by atoms with Gasteiger partial charge in [-0.2, -0.15) is 0 Å². The van der Waals surface area contributed by atoms with E-state index in [9.17, 15) is 4.79 Å². The second-order valence-corrected chi connectivity index (χ2v) is 9.09. The third kappa shape index (κ3) is 4.17. The molecule has 0 saturated carbocycles. The van der Waals surface area contributed by atoms with Crippen molar-refractivity contribution in [3.8, 4) is 11.5 Å². The fourth-order valence-electron chi connectivity index (χ4n) is 4.22. The molecule has 1 aromatic heterocycles. The van der Waals surface area contributed by atoms with Gasteiger partial charge in [-0.25, -0.2) is 4.79 Å². The van der Waals surface area contributed by atoms with Crippen molar-refractivity contribution in [2.45, 2.75) is 38.8 Å². The van der Waals surface area contributed by atoms with E-state index in [1.165, 1.54) is 5.56 Å². The number of urea groups is 1. The molecule has 0 bridgehead atoms. The molecule has 2 amide bonds. The number of methoxy groups -OCH3 is 2. The van der Waals surface area contributed by atoms with Crippen molar-refractivity contribution < 1.29 is 14.3 Å². The Kier molecular flexibility index (Phi) is 5.87. The molecule has 1 atom stereocenters. The zero-order chi connectivity index (χ0) is 22.9. The maximum atomic E-state index is 13.4. The minimum atomic E-state index is -0.229. The van der Waals surface area contributed by atoms with Gasteiger partial charge >= 0.3 is 6.03 Å². The average molecular weight is 434 g/mol. The Hall–Kier alpha value is -3.41. The van der Waals surface area contributed by atoms with Gasteiger partial charge in [0.1, 0.15) is 0 Å². The number of rotatable bonds is 4. The van der Waals surface area contributed by atoms with Gasteiger partial charge in [0.15, 0.2) is 11.5 Å². The van der Waals surface area contributed by atoms with Crippen LogP contribution >= 0.6 is 0 Å². The van der Waals surface area contributed by atoms with E-state index in [0.29, 0.717) is 18.0 Å². The first-order valence-corrected chi connectivity index (χ1v) is 10.9. The van der Waals surface area contributed by atoms with Gasteiger partial charge in [-0.15, -0.1) is 0 Å². The predicted octanol–water partition coefficient (Wildman–Crippen LogP) is 5.44. The quantitative estimate of drug-likeness (QED) is 0.596. The van der Waals surface area contributed by atoms with Crippen molar-refractivity contribution in [3.05, 3.63) is 77.6 Å². The van der Waals surface area contributed by atoms with Crippen molar-refractivity contribution in [3.63, 3.8) is 0 Å². The van der Waals surface area contributed by atoms with Crippen molar-refractivity contribution in [1.29, 1.82) is 0 Å². The first kappa shape index (κ1) is 21.8. The molecule has 1 unspecified atom stereocenters. The van der Waals surface area contributed by atoms with Crippen molar-refractivity contribution in [1.82, 2.24) is 9.47 Å². The van der Waals surface area contributed by atoms with Crippen molar-refractivity contribution in [2.24, 2.45) is 0 Å². The number of fused-ring (bicyclic) bond motifs is 1. The molecule has 4 rings (SSSR count). The molecule has 2 aromatic carbocycles. The van der Waals surface area contributed by atoms with Crippen LogP contribution in [0.25, 0.3) is 0 Å². The summed E-state index contributed by atoms with van der Waals surface area (Å²) >= 11 is 0. The normalized spacial score (nSPS) is 15.8. The molecule has 32 heavy (non-hydrogen) atoms. The number of aromatic nitrogens is 1. The smallest absolute Gasteiger partial charge is 0.322 e. The van der Waals surface area contributed by atoms with Gasteiger partial charge in [-0.05, 0) is 52.9 Å². The molecule has 0 spiro atoms.